The van der Waals surface area contributed by atoms with Crippen LogP contribution in [0.5, 0.6) is 5.75 Å². The van der Waals surface area contributed by atoms with Crippen molar-refractivity contribution in [3.05, 3.63) is 54.1 Å². The van der Waals surface area contributed by atoms with Gasteiger partial charge in [-0.15, -0.1) is 0 Å². The Labute approximate surface area is 183 Å². The van der Waals surface area contributed by atoms with Gasteiger partial charge >= 0.3 is 0 Å². The molecule has 0 fully saturated rings. The summed E-state index contributed by atoms with van der Waals surface area (Å²) < 4.78 is 32.1. The van der Waals surface area contributed by atoms with Gasteiger partial charge in [-0.25, -0.2) is 8.42 Å². The summed E-state index contributed by atoms with van der Waals surface area (Å²) in [6.07, 6.45) is -0.000396. The van der Waals surface area contributed by atoms with Crippen LogP contribution in [0.15, 0.2) is 53.4 Å². The lowest BCUT2D eigenvalue weighted by atomic mass is 10.2. The third-order valence-electron chi connectivity index (χ3n) is 4.15. The van der Waals surface area contributed by atoms with Crippen molar-refractivity contribution in [2.24, 2.45) is 0 Å². The number of hydrogen-bond acceptors (Lipinski definition) is 5. The number of ether oxygens (including phenoxy) is 1. The van der Waals surface area contributed by atoms with Crippen LogP contribution in [-0.4, -0.2) is 42.9 Å². The molecule has 2 aromatic rings. The normalized spacial score (nSPS) is 11.4. The van der Waals surface area contributed by atoms with Gasteiger partial charge in [0.25, 0.3) is 5.91 Å². The Morgan fingerprint density at radius 1 is 1.10 bits per heavy atom. The van der Waals surface area contributed by atoms with E-state index in [2.05, 4.69) is 10.6 Å². The number of benzene rings is 2. The van der Waals surface area contributed by atoms with E-state index >= 15 is 0 Å². The van der Waals surface area contributed by atoms with Gasteiger partial charge in [0.15, 0.2) is 5.11 Å². The van der Waals surface area contributed by atoms with E-state index in [1.54, 1.807) is 50.2 Å². The molecule has 0 aromatic heterocycles. The quantitative estimate of drug-likeness (QED) is 0.599. The first-order chi connectivity index (χ1) is 14.2. The van der Waals surface area contributed by atoms with E-state index in [1.807, 2.05) is 13.8 Å². The van der Waals surface area contributed by atoms with Crippen molar-refractivity contribution >= 4 is 38.9 Å². The molecule has 0 spiro atoms. The molecule has 0 bridgehead atoms. The van der Waals surface area contributed by atoms with Crippen LogP contribution >= 0.6 is 12.2 Å². The summed E-state index contributed by atoms with van der Waals surface area (Å²) in [6, 6.07) is 13.0. The molecule has 0 atom stereocenters. The zero-order valence-electron chi connectivity index (χ0n) is 17.5. The maximum Gasteiger partial charge on any atom is 0.257 e. The Balaban J connectivity index is 2.02. The number of rotatable bonds is 8. The first-order valence-electron chi connectivity index (χ1n) is 9.66. The smallest absolute Gasteiger partial charge is 0.257 e. The lowest BCUT2D eigenvalue weighted by Crippen LogP contribution is -2.34. The van der Waals surface area contributed by atoms with Crippen molar-refractivity contribution in [3.8, 4) is 5.75 Å². The number of nitrogens with one attached hydrogen (secondary N) is 2. The summed E-state index contributed by atoms with van der Waals surface area (Å²) in [5.41, 5.74) is 0.980. The average molecular weight is 450 g/mol. The number of carbonyl (C=O) groups excluding carboxylic acids is 1. The standard InChI is InChI=1S/C21H27N3O4S2/c1-5-24(6-2)30(26,27)19-12-10-17(11-13-19)22-21(29)23-20(25)16-8-7-9-18(14-16)28-15(3)4/h7-15H,5-6H2,1-4H3,(H2,22,23,25,29). The second kappa shape index (κ2) is 10.5. The first kappa shape index (κ1) is 23.8. The molecule has 9 heteroatoms. The van der Waals surface area contributed by atoms with Gasteiger partial charge in [-0.1, -0.05) is 19.9 Å². The Morgan fingerprint density at radius 2 is 1.73 bits per heavy atom. The van der Waals surface area contributed by atoms with E-state index in [0.717, 1.165) is 0 Å². The summed E-state index contributed by atoms with van der Waals surface area (Å²) in [5, 5.41) is 5.60. The first-order valence-corrected chi connectivity index (χ1v) is 11.5. The number of sulfonamides is 1. The molecule has 0 radical (unpaired) electrons. The van der Waals surface area contributed by atoms with Crippen molar-refractivity contribution in [2.75, 3.05) is 18.4 Å². The van der Waals surface area contributed by atoms with Crippen molar-refractivity contribution in [3.63, 3.8) is 0 Å². The molecule has 2 N–H and O–H groups in total. The van der Waals surface area contributed by atoms with Gasteiger partial charge in [0, 0.05) is 24.3 Å². The molecule has 0 aliphatic carbocycles. The van der Waals surface area contributed by atoms with Crippen molar-refractivity contribution < 1.29 is 17.9 Å². The molecule has 0 saturated carbocycles. The zero-order valence-corrected chi connectivity index (χ0v) is 19.1. The van der Waals surface area contributed by atoms with Crippen LogP contribution in [0, 0.1) is 0 Å². The van der Waals surface area contributed by atoms with Crippen LogP contribution in [0.2, 0.25) is 0 Å². The fourth-order valence-corrected chi connectivity index (χ4v) is 4.41. The number of carbonyl (C=O) groups is 1. The molecule has 2 rings (SSSR count). The molecule has 2 aromatic carbocycles. The third kappa shape index (κ3) is 6.25. The lowest BCUT2D eigenvalue weighted by molar-refractivity contribution is 0.0977. The van der Waals surface area contributed by atoms with E-state index in [4.69, 9.17) is 17.0 Å². The predicted octanol–water partition coefficient (Wildman–Crippen LogP) is 3.63. The highest BCUT2D eigenvalue weighted by Gasteiger charge is 2.21. The fraction of sp³-hybridized carbons (Fsp3) is 0.333. The molecule has 1 amide bonds. The number of anilines is 1. The van der Waals surface area contributed by atoms with Gasteiger partial charge < -0.3 is 10.1 Å². The highest BCUT2D eigenvalue weighted by molar-refractivity contribution is 7.89. The number of thiocarbonyl (C=S) groups is 1. The van der Waals surface area contributed by atoms with Crippen LogP contribution in [0.25, 0.3) is 0 Å². The Kier molecular flexibility index (Phi) is 8.33. The summed E-state index contributed by atoms with van der Waals surface area (Å²) in [6.45, 7) is 8.21. The molecular weight excluding hydrogens is 422 g/mol. The van der Waals surface area contributed by atoms with E-state index in [1.165, 1.54) is 16.4 Å². The summed E-state index contributed by atoms with van der Waals surface area (Å²) in [4.78, 5) is 12.6. The second-order valence-electron chi connectivity index (χ2n) is 6.72. The maximum atomic E-state index is 12.5. The molecule has 162 valence electrons. The van der Waals surface area contributed by atoms with Crippen LogP contribution in [0.1, 0.15) is 38.1 Å². The number of amides is 1. The molecule has 0 aliphatic heterocycles. The predicted molar refractivity (Wildman–Crippen MR) is 122 cm³/mol. The van der Waals surface area contributed by atoms with Crippen molar-refractivity contribution in [1.29, 1.82) is 0 Å². The molecular formula is C21H27N3O4S2. The summed E-state index contributed by atoms with van der Waals surface area (Å²) in [7, 11) is -3.52. The monoisotopic (exact) mass is 449 g/mol. The second-order valence-corrected chi connectivity index (χ2v) is 9.06. The molecule has 7 nitrogen and oxygen atoms in total. The topological polar surface area (TPSA) is 87.7 Å². The maximum absolute atomic E-state index is 12.5. The van der Waals surface area contributed by atoms with Crippen LogP contribution in [0.4, 0.5) is 5.69 Å². The van der Waals surface area contributed by atoms with Gasteiger partial charge in [-0.05, 0) is 68.5 Å². The van der Waals surface area contributed by atoms with Gasteiger partial charge in [0.1, 0.15) is 5.75 Å². The SMILES string of the molecule is CCN(CC)S(=O)(=O)c1ccc(NC(=S)NC(=O)c2cccc(OC(C)C)c2)cc1. The van der Waals surface area contributed by atoms with E-state index in [-0.39, 0.29) is 22.0 Å². The minimum Gasteiger partial charge on any atom is -0.491 e. The van der Waals surface area contributed by atoms with Crippen molar-refractivity contribution in [1.82, 2.24) is 9.62 Å². The molecule has 0 heterocycles. The third-order valence-corrected chi connectivity index (χ3v) is 6.42. The van der Waals surface area contributed by atoms with E-state index < -0.39 is 10.0 Å². The van der Waals surface area contributed by atoms with E-state index in [0.29, 0.717) is 30.1 Å². The summed E-state index contributed by atoms with van der Waals surface area (Å²) >= 11 is 5.20. The van der Waals surface area contributed by atoms with E-state index in [9.17, 15) is 13.2 Å². The van der Waals surface area contributed by atoms with Crippen LogP contribution in [0.3, 0.4) is 0 Å². The number of hydrogen-bond donors (Lipinski definition) is 2. The molecule has 0 unspecified atom stereocenters. The Bertz CT molecular complexity index is 986. The van der Waals surface area contributed by atoms with Crippen molar-refractivity contribution in [2.45, 2.75) is 38.7 Å². The highest BCUT2D eigenvalue weighted by atomic mass is 32.2. The minimum atomic E-state index is -3.52. The average Bonchev–Trinajstić information content (AvgIpc) is 2.68. The zero-order chi connectivity index (χ0) is 22.3. The highest BCUT2D eigenvalue weighted by Crippen LogP contribution is 2.18. The van der Waals surface area contributed by atoms with Gasteiger partial charge in [0.2, 0.25) is 10.0 Å². The fourth-order valence-electron chi connectivity index (χ4n) is 2.74. The molecule has 0 saturated heterocycles. The largest absolute Gasteiger partial charge is 0.491 e. The van der Waals surface area contributed by atoms with Gasteiger partial charge in [-0.3, -0.25) is 10.1 Å². The van der Waals surface area contributed by atoms with Crippen LogP contribution < -0.4 is 15.4 Å². The number of nitrogens with zero attached hydrogens (tertiary/aromatic N) is 1. The lowest BCUT2D eigenvalue weighted by Gasteiger charge is -2.18. The van der Waals surface area contributed by atoms with Crippen LogP contribution in [-0.2, 0) is 10.0 Å². The summed E-state index contributed by atoms with van der Waals surface area (Å²) in [5.74, 6) is 0.226. The molecule has 30 heavy (non-hydrogen) atoms. The molecule has 0 aliphatic rings. The minimum absolute atomic E-state index is 0.000396. The van der Waals surface area contributed by atoms with Gasteiger partial charge in [0.05, 0.1) is 11.0 Å². The Morgan fingerprint density at radius 3 is 2.30 bits per heavy atom. The Hall–Kier alpha value is -2.49. The van der Waals surface area contributed by atoms with Gasteiger partial charge in [-0.2, -0.15) is 4.31 Å².